The number of hydrogen-bond donors (Lipinski definition) is 0. The van der Waals surface area contributed by atoms with Crippen molar-refractivity contribution < 1.29 is 4.79 Å². The molecule has 0 unspecified atom stereocenters. The molecule has 1 aliphatic rings. The van der Waals surface area contributed by atoms with E-state index in [1.54, 1.807) is 12.4 Å². The topological polar surface area (TPSA) is 63.4 Å². The first-order valence-corrected chi connectivity index (χ1v) is 8.64. The van der Waals surface area contributed by atoms with E-state index in [1.165, 1.54) is 0 Å². The molecule has 3 aromatic rings. The maximum Gasteiger partial charge on any atom is 0.229 e. The van der Waals surface area contributed by atoms with E-state index in [2.05, 4.69) is 15.0 Å². The van der Waals surface area contributed by atoms with Gasteiger partial charge in [-0.05, 0) is 38.8 Å². The van der Waals surface area contributed by atoms with Gasteiger partial charge in [0.1, 0.15) is 5.65 Å². The number of carbonyl (C=O) groups is 1. The minimum atomic E-state index is 0.0272. The summed E-state index contributed by atoms with van der Waals surface area (Å²) in [5.74, 6) is 0.125. The Hall–Kier alpha value is -2.76. The van der Waals surface area contributed by atoms with E-state index < -0.39 is 0 Å². The summed E-state index contributed by atoms with van der Waals surface area (Å²) in [5.41, 5.74) is 4.52. The van der Waals surface area contributed by atoms with Gasteiger partial charge in [0.15, 0.2) is 0 Å². The average molecular weight is 335 g/mol. The predicted octanol–water partition coefficient (Wildman–Crippen LogP) is 2.65. The van der Waals surface area contributed by atoms with Crippen LogP contribution >= 0.6 is 0 Å². The van der Waals surface area contributed by atoms with Gasteiger partial charge in [0.2, 0.25) is 5.91 Å². The number of hydrogen-bond acceptors (Lipinski definition) is 4. The second-order valence-corrected chi connectivity index (χ2v) is 6.58. The Kier molecular flexibility index (Phi) is 3.95. The lowest BCUT2D eigenvalue weighted by molar-refractivity contribution is -0.131. The van der Waals surface area contributed by atoms with Gasteiger partial charge in [0.25, 0.3) is 0 Å². The SMILES string of the molecule is Cc1cncc([C@H]2CCCN2C(=O)Cc2c(C)nc3ccccn23)n1. The van der Waals surface area contributed by atoms with Crippen molar-refractivity contribution in [2.45, 2.75) is 39.2 Å². The minimum absolute atomic E-state index is 0.0272. The van der Waals surface area contributed by atoms with Gasteiger partial charge in [0, 0.05) is 18.9 Å². The van der Waals surface area contributed by atoms with Crippen LogP contribution in [0.25, 0.3) is 5.65 Å². The van der Waals surface area contributed by atoms with Crippen molar-refractivity contribution in [3.8, 4) is 0 Å². The van der Waals surface area contributed by atoms with Crippen molar-refractivity contribution >= 4 is 11.6 Å². The van der Waals surface area contributed by atoms with E-state index >= 15 is 0 Å². The van der Waals surface area contributed by atoms with E-state index in [0.29, 0.717) is 6.42 Å². The quantitative estimate of drug-likeness (QED) is 0.738. The molecule has 1 amide bonds. The van der Waals surface area contributed by atoms with Crippen molar-refractivity contribution in [3.05, 3.63) is 59.6 Å². The third-order valence-corrected chi connectivity index (χ3v) is 4.84. The molecule has 0 spiro atoms. The number of amides is 1. The van der Waals surface area contributed by atoms with Crippen molar-refractivity contribution in [2.24, 2.45) is 0 Å². The second kappa shape index (κ2) is 6.27. The molecule has 1 atom stereocenters. The van der Waals surface area contributed by atoms with Gasteiger partial charge < -0.3 is 9.30 Å². The molecule has 1 saturated heterocycles. The third-order valence-electron chi connectivity index (χ3n) is 4.84. The molecular weight excluding hydrogens is 314 g/mol. The molecule has 0 bridgehead atoms. The van der Waals surface area contributed by atoms with Gasteiger partial charge in [0.05, 0.1) is 41.4 Å². The van der Waals surface area contributed by atoms with Crippen molar-refractivity contribution in [2.75, 3.05) is 6.54 Å². The number of fused-ring (bicyclic) bond motifs is 1. The normalized spacial score (nSPS) is 17.4. The van der Waals surface area contributed by atoms with Crippen LogP contribution < -0.4 is 0 Å². The van der Waals surface area contributed by atoms with Gasteiger partial charge in [-0.1, -0.05) is 6.07 Å². The molecule has 25 heavy (non-hydrogen) atoms. The highest BCUT2D eigenvalue weighted by Crippen LogP contribution is 2.31. The fraction of sp³-hybridized carbons (Fsp3) is 0.368. The summed E-state index contributed by atoms with van der Waals surface area (Å²) in [6, 6.07) is 5.91. The standard InChI is InChI=1S/C19H21N5O/c1-13-11-20-12-15(21-13)16-6-5-9-24(16)19(25)10-17-14(2)22-18-7-3-4-8-23(17)18/h3-4,7-8,11-12,16H,5-6,9-10H2,1-2H3/t16-/m1/s1. The Morgan fingerprint density at radius 3 is 2.96 bits per heavy atom. The van der Waals surface area contributed by atoms with Gasteiger partial charge in [-0.25, -0.2) is 4.98 Å². The Morgan fingerprint density at radius 2 is 2.12 bits per heavy atom. The summed E-state index contributed by atoms with van der Waals surface area (Å²) in [6.07, 6.45) is 7.78. The van der Waals surface area contributed by atoms with Crippen LogP contribution in [0.4, 0.5) is 0 Å². The fourth-order valence-electron chi connectivity index (χ4n) is 3.64. The molecule has 0 saturated carbocycles. The van der Waals surface area contributed by atoms with Crippen LogP contribution in [-0.2, 0) is 11.2 Å². The van der Waals surface area contributed by atoms with Crippen LogP contribution in [-0.4, -0.2) is 36.7 Å². The van der Waals surface area contributed by atoms with E-state index in [1.807, 2.05) is 47.5 Å². The zero-order valence-electron chi connectivity index (χ0n) is 14.5. The Bertz CT molecular complexity index is 932. The van der Waals surface area contributed by atoms with E-state index in [4.69, 9.17) is 0 Å². The molecule has 0 N–H and O–H groups in total. The predicted molar refractivity (Wildman–Crippen MR) is 94.1 cm³/mol. The molecule has 128 valence electrons. The first-order chi connectivity index (χ1) is 12.1. The molecule has 6 heteroatoms. The highest BCUT2D eigenvalue weighted by atomic mass is 16.2. The highest BCUT2D eigenvalue weighted by Gasteiger charge is 2.31. The molecule has 0 aliphatic carbocycles. The largest absolute Gasteiger partial charge is 0.334 e. The van der Waals surface area contributed by atoms with E-state index in [9.17, 15) is 4.79 Å². The molecule has 0 radical (unpaired) electrons. The van der Waals surface area contributed by atoms with Gasteiger partial charge in [-0.2, -0.15) is 0 Å². The van der Waals surface area contributed by atoms with Crippen LogP contribution in [0.5, 0.6) is 0 Å². The zero-order chi connectivity index (χ0) is 17.4. The molecule has 4 rings (SSSR count). The summed E-state index contributed by atoms with van der Waals surface area (Å²) in [6.45, 7) is 4.66. The molecule has 4 heterocycles. The fourth-order valence-corrected chi connectivity index (χ4v) is 3.64. The van der Waals surface area contributed by atoms with Crippen LogP contribution in [0.15, 0.2) is 36.8 Å². The molecule has 3 aromatic heterocycles. The highest BCUT2D eigenvalue weighted by molar-refractivity contribution is 5.79. The van der Waals surface area contributed by atoms with Crippen molar-refractivity contribution in [1.29, 1.82) is 0 Å². The molecule has 1 aliphatic heterocycles. The zero-order valence-corrected chi connectivity index (χ0v) is 14.5. The minimum Gasteiger partial charge on any atom is -0.334 e. The summed E-state index contributed by atoms with van der Waals surface area (Å²) in [4.78, 5) is 28.3. The first kappa shape index (κ1) is 15.7. The Balaban J connectivity index is 1.60. The number of imidazole rings is 1. The van der Waals surface area contributed by atoms with E-state index in [-0.39, 0.29) is 11.9 Å². The smallest absolute Gasteiger partial charge is 0.229 e. The first-order valence-electron chi connectivity index (χ1n) is 8.64. The summed E-state index contributed by atoms with van der Waals surface area (Å²) < 4.78 is 2.00. The average Bonchev–Trinajstić information content (AvgIpc) is 3.20. The number of carbonyl (C=O) groups excluding carboxylic acids is 1. The summed E-state index contributed by atoms with van der Waals surface area (Å²) in [5, 5.41) is 0. The number of pyridine rings is 1. The molecule has 1 fully saturated rings. The summed E-state index contributed by atoms with van der Waals surface area (Å²) in [7, 11) is 0. The van der Waals surface area contributed by atoms with Crippen molar-refractivity contribution in [1.82, 2.24) is 24.3 Å². The monoisotopic (exact) mass is 335 g/mol. The van der Waals surface area contributed by atoms with E-state index in [0.717, 1.165) is 47.8 Å². The van der Waals surface area contributed by atoms with Crippen LogP contribution in [0.2, 0.25) is 0 Å². The molecule has 6 nitrogen and oxygen atoms in total. The van der Waals surface area contributed by atoms with Gasteiger partial charge in [-0.15, -0.1) is 0 Å². The molecular formula is C19H21N5O. The lowest BCUT2D eigenvalue weighted by atomic mass is 10.1. The van der Waals surface area contributed by atoms with Gasteiger partial charge in [-0.3, -0.25) is 14.8 Å². The maximum atomic E-state index is 13.0. The van der Waals surface area contributed by atoms with Gasteiger partial charge >= 0.3 is 0 Å². The lowest BCUT2D eigenvalue weighted by Crippen LogP contribution is -2.32. The summed E-state index contributed by atoms with van der Waals surface area (Å²) >= 11 is 0. The van der Waals surface area contributed by atoms with Crippen molar-refractivity contribution in [3.63, 3.8) is 0 Å². The molecule has 0 aromatic carbocycles. The Morgan fingerprint density at radius 1 is 1.24 bits per heavy atom. The number of nitrogens with zero attached hydrogens (tertiary/aromatic N) is 5. The second-order valence-electron chi connectivity index (χ2n) is 6.58. The lowest BCUT2D eigenvalue weighted by Gasteiger charge is -2.24. The Labute approximate surface area is 146 Å². The maximum absolute atomic E-state index is 13.0. The number of likely N-dealkylation sites (tertiary alicyclic amines) is 1. The number of aromatic nitrogens is 4. The number of aryl methyl sites for hydroxylation is 2. The van der Waals surface area contributed by atoms with Crippen LogP contribution in [0.3, 0.4) is 0 Å². The van der Waals surface area contributed by atoms with Crippen LogP contribution in [0, 0.1) is 13.8 Å². The third kappa shape index (κ3) is 2.88. The number of rotatable bonds is 3. The van der Waals surface area contributed by atoms with Crippen LogP contribution in [0.1, 0.15) is 41.7 Å².